The van der Waals surface area contributed by atoms with Crippen LogP contribution in [0.1, 0.15) is 30.4 Å². The molecule has 0 saturated carbocycles. The molecule has 1 aromatic carbocycles. The van der Waals surface area contributed by atoms with Crippen LogP contribution in [0.4, 0.5) is 10.1 Å². The molecule has 1 N–H and O–H groups in total. The van der Waals surface area contributed by atoms with E-state index in [1.54, 1.807) is 25.4 Å². The number of benzene rings is 1. The van der Waals surface area contributed by atoms with Crippen molar-refractivity contribution in [1.29, 1.82) is 0 Å². The minimum atomic E-state index is -0.289. The predicted octanol–water partition coefficient (Wildman–Crippen LogP) is 3.52. The zero-order valence-corrected chi connectivity index (χ0v) is 13.8. The molecule has 126 valence electrons. The Bertz CT molecular complexity index is 705. The average molecular weight is 327 g/mol. The minimum Gasteiger partial charge on any atom is -0.324 e. The smallest absolute Gasteiger partial charge is 0.241 e. The molecule has 1 fully saturated rings. The second-order valence-corrected chi connectivity index (χ2v) is 6.29. The van der Waals surface area contributed by atoms with Crippen LogP contribution < -0.4 is 5.32 Å². The first-order valence-corrected chi connectivity index (χ1v) is 8.33. The molecule has 24 heavy (non-hydrogen) atoms. The number of likely N-dealkylation sites (tertiary alicyclic amines) is 1. The van der Waals surface area contributed by atoms with Crippen molar-refractivity contribution in [3.63, 3.8) is 0 Å². The molecule has 3 rings (SSSR count). The first-order valence-electron chi connectivity index (χ1n) is 8.33. The van der Waals surface area contributed by atoms with Gasteiger partial charge in [0.2, 0.25) is 5.91 Å². The van der Waals surface area contributed by atoms with E-state index in [-0.39, 0.29) is 17.8 Å². The van der Waals surface area contributed by atoms with Gasteiger partial charge in [-0.3, -0.25) is 14.7 Å². The number of piperidine rings is 1. The van der Waals surface area contributed by atoms with Crippen LogP contribution in [0, 0.1) is 12.7 Å². The summed E-state index contributed by atoms with van der Waals surface area (Å²) >= 11 is 0. The van der Waals surface area contributed by atoms with Crippen molar-refractivity contribution in [2.75, 3.05) is 11.9 Å². The number of carbonyl (C=O) groups excluding carboxylic acids is 1. The van der Waals surface area contributed by atoms with Crippen LogP contribution in [0.2, 0.25) is 0 Å². The summed E-state index contributed by atoms with van der Waals surface area (Å²) in [4.78, 5) is 19.0. The Morgan fingerprint density at radius 3 is 2.83 bits per heavy atom. The zero-order valence-electron chi connectivity index (χ0n) is 13.8. The van der Waals surface area contributed by atoms with Gasteiger partial charge in [0, 0.05) is 24.6 Å². The fourth-order valence-electron chi connectivity index (χ4n) is 3.18. The normalized spacial score (nSPS) is 18.3. The Kier molecular flexibility index (Phi) is 5.20. The molecule has 2 aromatic rings. The summed E-state index contributed by atoms with van der Waals surface area (Å²) in [6.45, 7) is 3.44. The maximum atomic E-state index is 13.2. The number of halogens is 1. The lowest BCUT2D eigenvalue weighted by atomic mass is 10.00. The topological polar surface area (TPSA) is 45.2 Å². The van der Waals surface area contributed by atoms with Gasteiger partial charge in [-0.25, -0.2) is 4.39 Å². The standard InChI is InChI=1S/C19H22FN3O/c1-14-12-16(20)5-6-17(14)22-19(24)18-4-2-3-11-23(18)13-15-7-9-21-10-8-15/h5-10,12,18H,2-4,11,13H2,1H3,(H,22,24)/t18-/m0/s1. The third-order valence-corrected chi connectivity index (χ3v) is 4.50. The Morgan fingerprint density at radius 2 is 2.08 bits per heavy atom. The van der Waals surface area contributed by atoms with Gasteiger partial charge >= 0.3 is 0 Å². The summed E-state index contributed by atoms with van der Waals surface area (Å²) in [7, 11) is 0. The monoisotopic (exact) mass is 327 g/mol. The number of nitrogens with zero attached hydrogens (tertiary/aromatic N) is 2. The van der Waals surface area contributed by atoms with Crippen LogP contribution >= 0.6 is 0 Å². The number of amides is 1. The van der Waals surface area contributed by atoms with Crippen molar-refractivity contribution >= 4 is 11.6 Å². The fourth-order valence-corrected chi connectivity index (χ4v) is 3.18. The zero-order chi connectivity index (χ0) is 16.9. The lowest BCUT2D eigenvalue weighted by Crippen LogP contribution is -2.46. The van der Waals surface area contributed by atoms with E-state index in [1.165, 1.54) is 12.1 Å². The van der Waals surface area contributed by atoms with E-state index in [4.69, 9.17) is 0 Å². The summed E-state index contributed by atoms with van der Waals surface area (Å²) in [5.74, 6) is -0.305. The molecule has 2 heterocycles. The molecule has 1 aliphatic rings. The van der Waals surface area contributed by atoms with Crippen LogP contribution in [0.15, 0.2) is 42.7 Å². The third kappa shape index (κ3) is 3.97. The molecule has 0 bridgehead atoms. The van der Waals surface area contributed by atoms with Crippen molar-refractivity contribution in [3.8, 4) is 0 Å². The van der Waals surface area contributed by atoms with Gasteiger partial charge < -0.3 is 5.32 Å². The first-order chi connectivity index (χ1) is 11.6. The Labute approximate surface area is 141 Å². The molecule has 1 saturated heterocycles. The number of hydrogen-bond donors (Lipinski definition) is 1. The molecule has 4 nitrogen and oxygen atoms in total. The average Bonchev–Trinajstić information content (AvgIpc) is 2.59. The maximum absolute atomic E-state index is 13.2. The molecule has 5 heteroatoms. The highest BCUT2D eigenvalue weighted by Crippen LogP contribution is 2.22. The number of pyridine rings is 1. The van der Waals surface area contributed by atoms with Crippen LogP contribution in [0.3, 0.4) is 0 Å². The van der Waals surface area contributed by atoms with Crippen LogP contribution in [0.5, 0.6) is 0 Å². The van der Waals surface area contributed by atoms with E-state index in [9.17, 15) is 9.18 Å². The van der Waals surface area contributed by atoms with Crippen LogP contribution in [-0.4, -0.2) is 28.4 Å². The molecule has 1 aromatic heterocycles. The van der Waals surface area contributed by atoms with E-state index in [1.807, 2.05) is 12.1 Å². The van der Waals surface area contributed by atoms with E-state index in [2.05, 4.69) is 15.2 Å². The number of aromatic nitrogens is 1. The SMILES string of the molecule is Cc1cc(F)ccc1NC(=O)[C@@H]1CCCCN1Cc1ccncc1. The van der Waals surface area contributed by atoms with Gasteiger partial charge in [0.05, 0.1) is 6.04 Å². The number of anilines is 1. The van der Waals surface area contributed by atoms with E-state index in [0.717, 1.165) is 43.5 Å². The first kappa shape index (κ1) is 16.6. The van der Waals surface area contributed by atoms with E-state index in [0.29, 0.717) is 5.69 Å². The molecule has 1 aliphatic heterocycles. The van der Waals surface area contributed by atoms with Crippen molar-refractivity contribution in [3.05, 3.63) is 59.7 Å². The lowest BCUT2D eigenvalue weighted by molar-refractivity contribution is -0.122. The minimum absolute atomic E-state index is 0.0153. The van der Waals surface area contributed by atoms with Crippen molar-refractivity contribution in [1.82, 2.24) is 9.88 Å². The van der Waals surface area contributed by atoms with Crippen molar-refractivity contribution in [2.45, 2.75) is 38.8 Å². The van der Waals surface area contributed by atoms with E-state index < -0.39 is 0 Å². The largest absolute Gasteiger partial charge is 0.324 e. The second-order valence-electron chi connectivity index (χ2n) is 6.29. The fraction of sp³-hybridized carbons (Fsp3) is 0.368. The van der Waals surface area contributed by atoms with Gasteiger partial charge in [-0.15, -0.1) is 0 Å². The Morgan fingerprint density at radius 1 is 1.29 bits per heavy atom. The number of nitrogens with one attached hydrogen (secondary N) is 1. The summed E-state index contributed by atoms with van der Waals surface area (Å²) in [5, 5.41) is 2.96. The number of aryl methyl sites for hydroxylation is 1. The molecule has 1 atom stereocenters. The quantitative estimate of drug-likeness (QED) is 0.934. The molecule has 0 aliphatic carbocycles. The molecule has 0 spiro atoms. The van der Waals surface area contributed by atoms with Crippen molar-refractivity contribution < 1.29 is 9.18 Å². The van der Waals surface area contributed by atoms with Gasteiger partial charge in [0.1, 0.15) is 5.82 Å². The predicted molar refractivity (Wildman–Crippen MR) is 92.1 cm³/mol. The second kappa shape index (κ2) is 7.53. The highest BCUT2D eigenvalue weighted by Gasteiger charge is 2.28. The number of rotatable bonds is 4. The van der Waals surface area contributed by atoms with Crippen LogP contribution in [-0.2, 0) is 11.3 Å². The maximum Gasteiger partial charge on any atom is 0.241 e. The number of carbonyl (C=O) groups is 1. The molecule has 0 radical (unpaired) electrons. The van der Waals surface area contributed by atoms with E-state index >= 15 is 0 Å². The summed E-state index contributed by atoms with van der Waals surface area (Å²) < 4.78 is 13.2. The highest BCUT2D eigenvalue weighted by molar-refractivity contribution is 5.95. The van der Waals surface area contributed by atoms with Gasteiger partial charge in [-0.1, -0.05) is 6.42 Å². The molecular formula is C19H22FN3O. The molecule has 1 amide bonds. The summed E-state index contributed by atoms with van der Waals surface area (Å²) in [6, 6.07) is 8.24. The Hall–Kier alpha value is -2.27. The molecule has 0 unspecified atom stereocenters. The summed E-state index contributed by atoms with van der Waals surface area (Å²) in [5.41, 5.74) is 2.57. The van der Waals surface area contributed by atoms with Gasteiger partial charge in [0.25, 0.3) is 0 Å². The van der Waals surface area contributed by atoms with Crippen LogP contribution in [0.25, 0.3) is 0 Å². The van der Waals surface area contributed by atoms with Gasteiger partial charge in [0.15, 0.2) is 0 Å². The molecular weight excluding hydrogens is 305 g/mol. The number of hydrogen-bond acceptors (Lipinski definition) is 3. The lowest BCUT2D eigenvalue weighted by Gasteiger charge is -2.34. The summed E-state index contributed by atoms with van der Waals surface area (Å²) in [6.07, 6.45) is 6.54. The Balaban J connectivity index is 1.71. The van der Waals surface area contributed by atoms with Crippen molar-refractivity contribution in [2.24, 2.45) is 0 Å². The van der Waals surface area contributed by atoms with Gasteiger partial charge in [-0.05, 0) is 67.8 Å². The third-order valence-electron chi connectivity index (χ3n) is 4.50. The van der Waals surface area contributed by atoms with Gasteiger partial charge in [-0.2, -0.15) is 0 Å². The highest BCUT2D eigenvalue weighted by atomic mass is 19.1.